The van der Waals surface area contributed by atoms with Crippen LogP contribution < -0.4 is 4.74 Å². The molecule has 0 saturated carbocycles. The van der Waals surface area contributed by atoms with E-state index in [2.05, 4.69) is 0 Å². The van der Waals surface area contributed by atoms with E-state index in [1.54, 1.807) is 6.07 Å². The Kier molecular flexibility index (Phi) is 2.86. The largest absolute Gasteiger partial charge is 0.486 e. The van der Waals surface area contributed by atoms with Crippen molar-refractivity contribution < 1.29 is 18.7 Å². The Hall–Kier alpha value is -1.42. The molecule has 0 aromatic heterocycles. The average molecular weight is 264 g/mol. The van der Waals surface area contributed by atoms with Crippen LogP contribution in [0.2, 0.25) is 0 Å². The minimum absolute atomic E-state index is 0.0398. The van der Waals surface area contributed by atoms with E-state index in [9.17, 15) is 9.18 Å². The molecule has 2 aliphatic rings. The number of hydrogen-bond donors (Lipinski definition) is 0. The van der Waals surface area contributed by atoms with E-state index in [1.807, 2.05) is 13.8 Å². The van der Waals surface area contributed by atoms with Crippen LogP contribution in [-0.4, -0.2) is 23.6 Å². The van der Waals surface area contributed by atoms with E-state index in [1.165, 1.54) is 12.1 Å². The van der Waals surface area contributed by atoms with Gasteiger partial charge in [0, 0.05) is 12.8 Å². The Morgan fingerprint density at radius 2 is 1.95 bits per heavy atom. The summed E-state index contributed by atoms with van der Waals surface area (Å²) in [4.78, 5) is 12.2. The summed E-state index contributed by atoms with van der Waals surface area (Å²) in [6.45, 7) is 3.98. The molecular formula is C15H17FO3. The first-order valence-corrected chi connectivity index (χ1v) is 6.65. The van der Waals surface area contributed by atoms with Gasteiger partial charge in [-0.25, -0.2) is 4.39 Å². The van der Waals surface area contributed by atoms with Gasteiger partial charge in [-0.1, -0.05) is 0 Å². The molecule has 2 atom stereocenters. The first-order valence-electron chi connectivity index (χ1n) is 6.65. The molecule has 2 unspecified atom stereocenters. The maximum atomic E-state index is 13.2. The van der Waals surface area contributed by atoms with Crippen molar-refractivity contribution in [3.8, 4) is 5.75 Å². The van der Waals surface area contributed by atoms with Crippen LogP contribution >= 0.6 is 0 Å². The third-order valence-corrected chi connectivity index (χ3v) is 3.83. The van der Waals surface area contributed by atoms with Crippen LogP contribution in [0.3, 0.4) is 0 Å². The van der Waals surface area contributed by atoms with Crippen LogP contribution in [0, 0.1) is 5.82 Å². The van der Waals surface area contributed by atoms with Gasteiger partial charge in [-0.3, -0.25) is 4.79 Å². The second-order valence-corrected chi connectivity index (χ2v) is 5.69. The van der Waals surface area contributed by atoms with Gasteiger partial charge in [0.15, 0.2) is 5.78 Å². The van der Waals surface area contributed by atoms with Crippen LogP contribution in [0.1, 0.15) is 43.5 Å². The molecule has 0 N–H and O–H groups in total. The number of carbonyl (C=O) groups excluding carboxylic acids is 1. The summed E-state index contributed by atoms with van der Waals surface area (Å²) in [6, 6.07) is 4.14. The van der Waals surface area contributed by atoms with Crippen molar-refractivity contribution in [3.63, 3.8) is 0 Å². The van der Waals surface area contributed by atoms with Crippen molar-refractivity contribution in [1.29, 1.82) is 0 Å². The molecule has 0 amide bonds. The minimum Gasteiger partial charge on any atom is -0.486 e. The van der Waals surface area contributed by atoms with Gasteiger partial charge in [-0.05, 0) is 32.0 Å². The lowest BCUT2D eigenvalue weighted by atomic mass is 9.80. The van der Waals surface area contributed by atoms with Crippen LogP contribution in [0.5, 0.6) is 5.75 Å². The van der Waals surface area contributed by atoms with Gasteiger partial charge in [-0.15, -0.1) is 0 Å². The van der Waals surface area contributed by atoms with Crippen LogP contribution in [0.25, 0.3) is 0 Å². The van der Waals surface area contributed by atoms with Gasteiger partial charge in [0.1, 0.15) is 17.2 Å². The van der Waals surface area contributed by atoms with Gasteiger partial charge >= 0.3 is 0 Å². The lowest BCUT2D eigenvalue weighted by molar-refractivity contribution is -0.120. The van der Waals surface area contributed by atoms with Gasteiger partial charge in [0.25, 0.3) is 0 Å². The highest BCUT2D eigenvalue weighted by atomic mass is 19.1. The highest BCUT2D eigenvalue weighted by Crippen LogP contribution is 2.42. The molecule has 0 radical (unpaired) electrons. The molecule has 0 bridgehead atoms. The topological polar surface area (TPSA) is 35.5 Å². The van der Waals surface area contributed by atoms with Crippen molar-refractivity contribution in [2.75, 3.05) is 0 Å². The number of ketones is 1. The lowest BCUT2D eigenvalue weighted by Gasteiger charge is -2.44. The quantitative estimate of drug-likeness (QED) is 0.722. The molecule has 102 valence electrons. The smallest absolute Gasteiger partial charge is 0.170 e. The zero-order valence-corrected chi connectivity index (χ0v) is 11.1. The summed E-state index contributed by atoms with van der Waals surface area (Å²) >= 11 is 0. The summed E-state index contributed by atoms with van der Waals surface area (Å²) in [7, 11) is 0. The third kappa shape index (κ3) is 2.25. The second kappa shape index (κ2) is 4.30. The molecule has 3 rings (SSSR count). The number of rotatable bonds is 0. The maximum Gasteiger partial charge on any atom is 0.170 e. The van der Waals surface area contributed by atoms with Crippen LogP contribution in [0.4, 0.5) is 4.39 Å². The van der Waals surface area contributed by atoms with E-state index >= 15 is 0 Å². The zero-order valence-electron chi connectivity index (χ0n) is 11.1. The number of halogens is 1. The summed E-state index contributed by atoms with van der Waals surface area (Å²) in [5.74, 6) is 0.0568. The fraction of sp³-hybridized carbons (Fsp3) is 0.533. The average Bonchev–Trinajstić information content (AvgIpc) is 2.28. The molecule has 1 fully saturated rings. The maximum absolute atomic E-state index is 13.2. The number of benzene rings is 1. The molecule has 0 aliphatic carbocycles. The van der Waals surface area contributed by atoms with E-state index in [0.717, 1.165) is 0 Å². The van der Waals surface area contributed by atoms with Gasteiger partial charge in [0.2, 0.25) is 0 Å². The highest BCUT2D eigenvalue weighted by molar-refractivity contribution is 6.00. The van der Waals surface area contributed by atoms with Crippen molar-refractivity contribution >= 4 is 5.78 Å². The highest BCUT2D eigenvalue weighted by Gasteiger charge is 2.45. The molecule has 1 saturated heterocycles. The lowest BCUT2D eigenvalue weighted by Crippen LogP contribution is -2.50. The van der Waals surface area contributed by atoms with E-state index in [4.69, 9.17) is 9.47 Å². The van der Waals surface area contributed by atoms with E-state index < -0.39 is 11.4 Å². The third-order valence-electron chi connectivity index (χ3n) is 3.83. The van der Waals surface area contributed by atoms with E-state index in [-0.39, 0.29) is 18.0 Å². The monoisotopic (exact) mass is 264 g/mol. The van der Waals surface area contributed by atoms with E-state index in [0.29, 0.717) is 30.6 Å². The number of ether oxygens (including phenoxy) is 2. The standard InChI is InChI=1S/C15H17FO3/c1-9-6-15(7-10(2)18-9)8-13(17)12-5-11(16)3-4-14(12)19-15/h3-5,9-10H,6-8H2,1-2H3. The van der Waals surface area contributed by atoms with Gasteiger partial charge in [-0.2, -0.15) is 0 Å². The molecule has 3 nitrogen and oxygen atoms in total. The fourth-order valence-corrected chi connectivity index (χ4v) is 3.32. The van der Waals surface area contributed by atoms with Gasteiger partial charge < -0.3 is 9.47 Å². The molecule has 2 heterocycles. The Morgan fingerprint density at radius 1 is 1.26 bits per heavy atom. The number of Topliss-reactive ketones (excluding diaryl/α,β-unsaturated/α-hetero) is 1. The Balaban J connectivity index is 1.96. The Bertz CT molecular complexity index is 516. The molecular weight excluding hydrogens is 247 g/mol. The Labute approximate surface area is 111 Å². The molecule has 1 spiro atoms. The SMILES string of the molecule is CC1CC2(CC(=O)c3cc(F)ccc3O2)CC(C)O1. The van der Waals surface area contributed by atoms with Crippen molar-refractivity contribution in [1.82, 2.24) is 0 Å². The predicted molar refractivity (Wildman–Crippen MR) is 67.9 cm³/mol. The predicted octanol–water partition coefficient (Wildman–Crippen LogP) is 3.12. The number of hydrogen-bond acceptors (Lipinski definition) is 3. The molecule has 4 heteroatoms. The normalized spacial score (nSPS) is 33.9. The summed E-state index contributed by atoms with van der Waals surface area (Å²) < 4.78 is 25.0. The second-order valence-electron chi connectivity index (χ2n) is 5.69. The van der Waals surface area contributed by atoms with Crippen molar-refractivity contribution in [3.05, 3.63) is 29.6 Å². The van der Waals surface area contributed by atoms with Crippen LogP contribution in [-0.2, 0) is 4.74 Å². The molecule has 2 aliphatic heterocycles. The van der Waals surface area contributed by atoms with Gasteiger partial charge in [0.05, 0.1) is 24.2 Å². The molecule has 1 aromatic rings. The molecule has 19 heavy (non-hydrogen) atoms. The minimum atomic E-state index is -0.487. The van der Waals surface area contributed by atoms with Crippen molar-refractivity contribution in [2.45, 2.75) is 50.9 Å². The molecule has 1 aromatic carbocycles. The number of fused-ring (bicyclic) bond motifs is 1. The first kappa shape index (κ1) is 12.6. The fourth-order valence-electron chi connectivity index (χ4n) is 3.32. The van der Waals surface area contributed by atoms with Crippen LogP contribution in [0.15, 0.2) is 18.2 Å². The summed E-state index contributed by atoms with van der Waals surface area (Å²) in [6.07, 6.45) is 1.83. The Morgan fingerprint density at radius 3 is 2.63 bits per heavy atom. The first-order chi connectivity index (χ1) is 8.97. The van der Waals surface area contributed by atoms with Crippen molar-refractivity contribution in [2.24, 2.45) is 0 Å². The summed E-state index contributed by atoms with van der Waals surface area (Å²) in [5.41, 5.74) is -0.128. The summed E-state index contributed by atoms with van der Waals surface area (Å²) in [5, 5.41) is 0. The zero-order chi connectivity index (χ0) is 13.6. The number of carbonyl (C=O) groups is 1.